The lowest BCUT2D eigenvalue weighted by atomic mass is 10.3. The molecule has 1 aliphatic rings. The summed E-state index contributed by atoms with van der Waals surface area (Å²) in [6, 6.07) is 0.838. The van der Waals surface area contributed by atoms with Crippen LogP contribution in [-0.4, -0.2) is 21.9 Å². The van der Waals surface area contributed by atoms with Gasteiger partial charge in [0.1, 0.15) is 5.69 Å². The minimum atomic E-state index is -4.45. The lowest BCUT2D eigenvalue weighted by Crippen LogP contribution is -2.18. The van der Waals surface area contributed by atoms with Crippen molar-refractivity contribution >= 4 is 17.5 Å². The number of alkyl halides is 4. The molecule has 0 amide bonds. The average molecular weight is 266 g/mol. The van der Waals surface area contributed by atoms with Gasteiger partial charge < -0.3 is 5.32 Å². The van der Waals surface area contributed by atoms with E-state index in [1.165, 1.54) is 0 Å². The maximum Gasteiger partial charge on any atom is 0.433 e. The Balaban J connectivity index is 1.96. The highest BCUT2D eigenvalue weighted by Crippen LogP contribution is 2.35. The summed E-state index contributed by atoms with van der Waals surface area (Å²) < 4.78 is 37.1. The molecule has 3 nitrogen and oxygen atoms in total. The van der Waals surface area contributed by atoms with Gasteiger partial charge in [-0.2, -0.15) is 13.2 Å². The summed E-state index contributed by atoms with van der Waals surface area (Å²) in [6.07, 6.45) is -1.20. The molecule has 1 atom stereocenters. The maximum absolute atomic E-state index is 12.4. The third kappa shape index (κ3) is 3.46. The number of hydrogen-bond acceptors (Lipinski definition) is 3. The first-order chi connectivity index (χ1) is 7.97. The summed E-state index contributed by atoms with van der Waals surface area (Å²) in [4.78, 5) is 7.11. The Labute approximate surface area is 101 Å². The molecule has 1 heterocycles. The second-order valence-corrected chi connectivity index (χ2v) is 4.56. The minimum Gasteiger partial charge on any atom is -0.353 e. The van der Waals surface area contributed by atoms with E-state index in [2.05, 4.69) is 15.3 Å². The van der Waals surface area contributed by atoms with Gasteiger partial charge >= 0.3 is 6.18 Å². The van der Waals surface area contributed by atoms with Gasteiger partial charge in [-0.15, -0.1) is 11.6 Å². The van der Waals surface area contributed by atoms with Crippen LogP contribution in [0.3, 0.4) is 0 Å². The van der Waals surface area contributed by atoms with Crippen LogP contribution in [0.4, 0.5) is 19.1 Å². The van der Waals surface area contributed by atoms with Crippen LogP contribution in [0, 0.1) is 5.92 Å². The number of nitrogens with one attached hydrogen (secondary N) is 1. The van der Waals surface area contributed by atoms with Crippen LogP contribution in [0.15, 0.2) is 12.3 Å². The van der Waals surface area contributed by atoms with Crippen LogP contribution in [0.5, 0.6) is 0 Å². The second-order valence-electron chi connectivity index (χ2n) is 4.00. The lowest BCUT2D eigenvalue weighted by molar-refractivity contribution is -0.141. The molecule has 1 unspecified atom stereocenters. The zero-order chi connectivity index (χ0) is 12.5. The van der Waals surface area contributed by atoms with Gasteiger partial charge in [0.15, 0.2) is 0 Å². The van der Waals surface area contributed by atoms with Gasteiger partial charge in [-0.1, -0.05) is 0 Å². The molecule has 0 bridgehead atoms. The molecule has 2 rings (SSSR count). The van der Waals surface area contributed by atoms with E-state index in [4.69, 9.17) is 11.6 Å². The number of hydrogen-bond donors (Lipinski definition) is 1. The summed E-state index contributed by atoms with van der Waals surface area (Å²) in [5.41, 5.74) is -0.951. The molecule has 1 N–H and O–H groups in total. The fraction of sp³-hybridized carbons (Fsp3) is 0.600. The molecule has 0 spiro atoms. The van der Waals surface area contributed by atoms with Gasteiger partial charge in [-0.05, 0) is 24.8 Å². The van der Waals surface area contributed by atoms with Crippen molar-refractivity contribution in [3.05, 3.63) is 18.0 Å². The summed E-state index contributed by atoms with van der Waals surface area (Å²) in [5.74, 6) is 0.432. The predicted octanol–water partition coefficient (Wildman–Crippen LogP) is 2.92. The van der Waals surface area contributed by atoms with Crippen molar-refractivity contribution in [1.82, 2.24) is 9.97 Å². The van der Waals surface area contributed by atoms with E-state index in [1.54, 1.807) is 0 Å². The van der Waals surface area contributed by atoms with Crippen LogP contribution in [0.1, 0.15) is 18.5 Å². The van der Waals surface area contributed by atoms with E-state index in [9.17, 15) is 13.2 Å². The molecule has 1 aromatic rings. The first-order valence-electron chi connectivity index (χ1n) is 5.25. The van der Waals surface area contributed by atoms with Gasteiger partial charge in [0.25, 0.3) is 0 Å². The Morgan fingerprint density at radius 1 is 1.47 bits per heavy atom. The van der Waals surface area contributed by atoms with Crippen molar-refractivity contribution in [2.45, 2.75) is 24.4 Å². The summed E-state index contributed by atoms with van der Waals surface area (Å²) >= 11 is 6.02. The number of anilines is 1. The fourth-order valence-corrected chi connectivity index (χ4v) is 1.74. The highest BCUT2D eigenvalue weighted by Gasteiger charge is 2.33. The smallest absolute Gasteiger partial charge is 0.353 e. The van der Waals surface area contributed by atoms with Gasteiger partial charge in [-0.25, -0.2) is 9.97 Å². The van der Waals surface area contributed by atoms with E-state index < -0.39 is 11.9 Å². The normalized spacial score (nSPS) is 17.9. The van der Waals surface area contributed by atoms with Crippen molar-refractivity contribution in [2.75, 3.05) is 11.9 Å². The van der Waals surface area contributed by atoms with Crippen molar-refractivity contribution in [2.24, 2.45) is 5.92 Å². The lowest BCUT2D eigenvalue weighted by Gasteiger charge is -2.11. The SMILES string of the molecule is FC(F)(F)c1ccnc(NCC(Cl)C2CC2)n1. The van der Waals surface area contributed by atoms with E-state index in [1.807, 2.05) is 0 Å². The quantitative estimate of drug-likeness (QED) is 0.851. The van der Waals surface area contributed by atoms with Crippen LogP contribution in [0.2, 0.25) is 0 Å². The van der Waals surface area contributed by atoms with E-state index >= 15 is 0 Å². The van der Waals surface area contributed by atoms with Crippen LogP contribution in [-0.2, 0) is 6.18 Å². The van der Waals surface area contributed by atoms with Crippen molar-refractivity contribution in [1.29, 1.82) is 0 Å². The van der Waals surface area contributed by atoms with Gasteiger partial charge in [0, 0.05) is 12.7 Å². The van der Waals surface area contributed by atoms with Crippen molar-refractivity contribution < 1.29 is 13.2 Å². The maximum atomic E-state index is 12.4. The molecule has 1 fully saturated rings. The molecule has 7 heteroatoms. The minimum absolute atomic E-state index is 0.0360. The zero-order valence-electron chi connectivity index (χ0n) is 8.84. The van der Waals surface area contributed by atoms with E-state index in [0.717, 1.165) is 25.1 Å². The second kappa shape index (κ2) is 4.68. The van der Waals surface area contributed by atoms with E-state index in [-0.39, 0.29) is 11.3 Å². The third-order valence-electron chi connectivity index (χ3n) is 2.53. The van der Waals surface area contributed by atoms with Gasteiger partial charge in [-0.3, -0.25) is 0 Å². The number of halogens is 4. The summed E-state index contributed by atoms with van der Waals surface area (Å²) in [7, 11) is 0. The monoisotopic (exact) mass is 265 g/mol. The molecule has 17 heavy (non-hydrogen) atoms. The van der Waals surface area contributed by atoms with Crippen LogP contribution >= 0.6 is 11.6 Å². The Bertz CT molecular complexity index is 393. The summed E-state index contributed by atoms with van der Waals surface area (Å²) in [6.45, 7) is 0.382. The molecular weight excluding hydrogens is 255 g/mol. The van der Waals surface area contributed by atoms with Crippen LogP contribution in [0.25, 0.3) is 0 Å². The average Bonchev–Trinajstić information content (AvgIpc) is 3.09. The van der Waals surface area contributed by atoms with E-state index in [0.29, 0.717) is 12.5 Å². The standard InChI is InChI=1S/C10H11ClF3N3/c11-7(6-1-2-6)5-16-9-15-4-3-8(17-9)10(12,13)14/h3-4,6-7H,1-2,5H2,(H,15,16,17). The molecule has 94 valence electrons. The van der Waals surface area contributed by atoms with Crippen LogP contribution < -0.4 is 5.32 Å². The Morgan fingerprint density at radius 2 is 2.18 bits per heavy atom. The molecular formula is C10H11ClF3N3. The van der Waals surface area contributed by atoms with Crippen molar-refractivity contribution in [3.8, 4) is 0 Å². The molecule has 1 saturated carbocycles. The topological polar surface area (TPSA) is 37.8 Å². The fourth-order valence-electron chi connectivity index (χ4n) is 1.42. The Hall–Kier alpha value is -1.04. The van der Waals surface area contributed by atoms with Crippen molar-refractivity contribution in [3.63, 3.8) is 0 Å². The largest absolute Gasteiger partial charge is 0.433 e. The molecule has 1 aliphatic carbocycles. The number of nitrogens with zero attached hydrogens (tertiary/aromatic N) is 2. The highest BCUT2D eigenvalue weighted by atomic mass is 35.5. The highest BCUT2D eigenvalue weighted by molar-refractivity contribution is 6.21. The molecule has 0 saturated heterocycles. The molecule has 1 aromatic heterocycles. The zero-order valence-corrected chi connectivity index (χ0v) is 9.59. The first kappa shape index (κ1) is 12.4. The first-order valence-corrected chi connectivity index (χ1v) is 5.68. The Kier molecular flexibility index (Phi) is 3.42. The summed E-state index contributed by atoms with van der Waals surface area (Å²) in [5, 5.41) is 2.65. The number of rotatable bonds is 4. The Morgan fingerprint density at radius 3 is 2.76 bits per heavy atom. The predicted molar refractivity (Wildman–Crippen MR) is 57.9 cm³/mol. The molecule has 0 radical (unpaired) electrons. The number of aromatic nitrogens is 2. The molecule has 0 aliphatic heterocycles. The van der Waals surface area contributed by atoms with Gasteiger partial charge in [0.05, 0.1) is 5.38 Å². The molecule has 0 aromatic carbocycles. The third-order valence-corrected chi connectivity index (χ3v) is 3.05. The van der Waals surface area contributed by atoms with Gasteiger partial charge in [0.2, 0.25) is 5.95 Å².